The van der Waals surface area contributed by atoms with Gasteiger partial charge in [0.15, 0.2) is 0 Å². The first-order valence-corrected chi connectivity index (χ1v) is 15.4. The largest absolute Gasteiger partial charge is 0.416 e. The van der Waals surface area contributed by atoms with Crippen molar-refractivity contribution in [3.63, 3.8) is 0 Å². The third-order valence-corrected chi connectivity index (χ3v) is 9.61. The molecule has 44 heavy (non-hydrogen) atoms. The van der Waals surface area contributed by atoms with E-state index in [0.717, 1.165) is 50.8 Å². The molecule has 0 spiro atoms. The Morgan fingerprint density at radius 1 is 1.09 bits per heavy atom. The van der Waals surface area contributed by atoms with E-state index < -0.39 is 23.1 Å². The minimum absolute atomic E-state index is 0.226. The number of nitrogens with zero attached hydrogens (tertiary/aromatic N) is 4. The Bertz CT molecular complexity index is 1690. The van der Waals surface area contributed by atoms with Crippen LogP contribution in [0.3, 0.4) is 0 Å². The summed E-state index contributed by atoms with van der Waals surface area (Å²) in [5.74, 6) is -0.549. The molecule has 6 nitrogen and oxygen atoms in total. The van der Waals surface area contributed by atoms with Gasteiger partial charge >= 0.3 is 6.18 Å². The van der Waals surface area contributed by atoms with E-state index in [0.29, 0.717) is 31.6 Å². The number of aryl methyl sites for hydroxylation is 3. The second kappa shape index (κ2) is 12.0. The number of halogens is 3. The Morgan fingerprint density at radius 3 is 2.50 bits per heavy atom. The van der Waals surface area contributed by atoms with Crippen LogP contribution in [0.2, 0.25) is 0 Å². The zero-order chi connectivity index (χ0) is 32.0. The van der Waals surface area contributed by atoms with Crippen LogP contribution in [-0.2, 0) is 37.0 Å². The molecule has 9 heteroatoms. The lowest BCUT2D eigenvalue weighted by Gasteiger charge is -2.34. The molecule has 2 N–H and O–H groups in total. The average Bonchev–Trinajstić information content (AvgIpc) is 3.30. The predicted molar refractivity (Wildman–Crippen MR) is 167 cm³/mol. The highest BCUT2D eigenvalue weighted by Crippen LogP contribution is 2.44. The lowest BCUT2D eigenvalue weighted by atomic mass is 9.69. The van der Waals surface area contributed by atoms with Crippen LogP contribution >= 0.6 is 0 Å². The number of primary amides is 1. The van der Waals surface area contributed by atoms with Crippen LogP contribution in [0.5, 0.6) is 0 Å². The summed E-state index contributed by atoms with van der Waals surface area (Å²) in [5, 5.41) is 8.73. The Balaban J connectivity index is 1.58. The van der Waals surface area contributed by atoms with Crippen molar-refractivity contribution in [1.82, 2.24) is 19.9 Å². The average molecular weight is 606 g/mol. The number of carbonyl (C=O) groups is 1. The molecular weight excluding hydrogens is 563 g/mol. The molecule has 1 aliphatic rings. The molecule has 234 valence electrons. The van der Waals surface area contributed by atoms with Gasteiger partial charge in [0.1, 0.15) is 5.52 Å². The zero-order valence-corrected chi connectivity index (χ0v) is 26.4. The van der Waals surface area contributed by atoms with Crippen LogP contribution in [-0.4, -0.2) is 32.3 Å². The summed E-state index contributed by atoms with van der Waals surface area (Å²) in [4.78, 5) is 15.1. The van der Waals surface area contributed by atoms with Crippen molar-refractivity contribution in [3.8, 4) is 0 Å². The van der Waals surface area contributed by atoms with Crippen molar-refractivity contribution in [2.75, 3.05) is 6.54 Å². The van der Waals surface area contributed by atoms with Crippen molar-refractivity contribution >= 4 is 16.9 Å². The molecule has 0 bridgehead atoms. The van der Waals surface area contributed by atoms with E-state index in [2.05, 4.69) is 28.2 Å². The van der Waals surface area contributed by atoms with Gasteiger partial charge in [-0.05, 0) is 84.2 Å². The summed E-state index contributed by atoms with van der Waals surface area (Å²) in [6.07, 6.45) is -2.90. The molecule has 2 atom stereocenters. The molecule has 0 unspecified atom stereocenters. The first-order chi connectivity index (χ1) is 20.8. The second-order valence-electron chi connectivity index (χ2n) is 12.8. The Morgan fingerprint density at radius 2 is 1.84 bits per heavy atom. The fourth-order valence-electron chi connectivity index (χ4n) is 6.84. The topological polar surface area (TPSA) is 77.0 Å². The van der Waals surface area contributed by atoms with Gasteiger partial charge in [-0.25, -0.2) is 4.68 Å². The van der Waals surface area contributed by atoms with Crippen LogP contribution in [0.15, 0.2) is 48.5 Å². The fourth-order valence-corrected chi connectivity index (χ4v) is 6.84. The number of amides is 1. The van der Waals surface area contributed by atoms with Crippen LogP contribution < -0.4 is 5.73 Å². The van der Waals surface area contributed by atoms with Gasteiger partial charge in [0, 0.05) is 32.1 Å². The van der Waals surface area contributed by atoms with Crippen molar-refractivity contribution in [2.45, 2.75) is 86.1 Å². The highest BCUT2D eigenvalue weighted by Gasteiger charge is 2.39. The zero-order valence-electron chi connectivity index (χ0n) is 26.4. The molecule has 2 heterocycles. The summed E-state index contributed by atoms with van der Waals surface area (Å²) in [7, 11) is 0. The first-order valence-electron chi connectivity index (χ1n) is 15.4. The van der Waals surface area contributed by atoms with E-state index in [-0.39, 0.29) is 18.4 Å². The van der Waals surface area contributed by atoms with E-state index >= 15 is 0 Å². The minimum atomic E-state index is -4.41. The third-order valence-electron chi connectivity index (χ3n) is 9.61. The van der Waals surface area contributed by atoms with Crippen LogP contribution in [0.1, 0.15) is 84.5 Å². The number of hydrogen-bond acceptors (Lipinski definition) is 4. The molecule has 0 saturated carbocycles. The third kappa shape index (κ3) is 5.86. The van der Waals surface area contributed by atoms with E-state index in [1.165, 1.54) is 12.1 Å². The molecular formula is C35H42F3N5O. The molecule has 5 rings (SSSR count). The van der Waals surface area contributed by atoms with Gasteiger partial charge in [0.2, 0.25) is 5.91 Å². The monoisotopic (exact) mass is 605 g/mol. The fraction of sp³-hybridized carbons (Fsp3) is 0.457. The second-order valence-corrected chi connectivity index (χ2v) is 12.8. The summed E-state index contributed by atoms with van der Waals surface area (Å²) < 4.78 is 44.1. The molecule has 0 fully saturated rings. The maximum Gasteiger partial charge on any atom is 0.416 e. The normalized spacial score (nSPS) is 17.0. The maximum absolute atomic E-state index is 14.1. The molecule has 1 aliphatic heterocycles. The number of benzene rings is 3. The minimum Gasteiger partial charge on any atom is -0.369 e. The lowest BCUT2D eigenvalue weighted by molar-refractivity contribution is -0.138. The highest BCUT2D eigenvalue weighted by atomic mass is 19.4. The molecule has 0 saturated heterocycles. The lowest BCUT2D eigenvalue weighted by Crippen LogP contribution is -2.38. The molecule has 1 aromatic heterocycles. The quantitative estimate of drug-likeness (QED) is 0.228. The summed E-state index contributed by atoms with van der Waals surface area (Å²) >= 11 is 0. The number of rotatable bonds is 8. The van der Waals surface area contributed by atoms with E-state index in [9.17, 15) is 18.0 Å². The van der Waals surface area contributed by atoms with Crippen molar-refractivity contribution in [2.24, 2.45) is 17.1 Å². The Hall–Kier alpha value is -3.72. The standard InChI is InChI=1S/C35H42F3N5O/c1-7-23-16-24-10-9-11-29(35(36,37)38)28(24)20-42(18-23)19-26-17-25(13-12-21(26)3)31(34(5,6)33(39)44)27-14-15-30-32(22(27)4)40-41-43(30)8-2/h9-15,17,23,31H,7-8,16,18-20H2,1-6H3,(H2,39,44)/t23-,31-/m0/s1. The van der Waals surface area contributed by atoms with Gasteiger partial charge in [0.25, 0.3) is 0 Å². The number of aromatic nitrogens is 3. The highest BCUT2D eigenvalue weighted by molar-refractivity contribution is 5.84. The van der Waals surface area contributed by atoms with Crippen molar-refractivity contribution < 1.29 is 18.0 Å². The van der Waals surface area contributed by atoms with Gasteiger partial charge in [0.05, 0.1) is 16.5 Å². The van der Waals surface area contributed by atoms with Crippen molar-refractivity contribution in [3.05, 3.63) is 93.0 Å². The molecule has 0 radical (unpaired) electrons. The number of carbonyl (C=O) groups excluding carboxylic acids is 1. The van der Waals surface area contributed by atoms with Gasteiger partial charge < -0.3 is 5.73 Å². The number of hydrogen-bond donors (Lipinski definition) is 1. The smallest absolute Gasteiger partial charge is 0.369 e. The molecule has 1 amide bonds. The number of nitrogens with two attached hydrogens (primary N) is 1. The summed E-state index contributed by atoms with van der Waals surface area (Å²) in [5.41, 5.74) is 12.3. The van der Waals surface area contributed by atoms with Crippen LogP contribution in [0, 0.1) is 25.2 Å². The summed E-state index contributed by atoms with van der Waals surface area (Å²) in [6.45, 7) is 14.0. The molecule has 3 aromatic carbocycles. The van der Waals surface area contributed by atoms with Gasteiger partial charge in [-0.15, -0.1) is 5.10 Å². The number of alkyl halides is 3. The van der Waals surface area contributed by atoms with E-state index in [1.807, 2.05) is 69.6 Å². The number of fused-ring (bicyclic) bond motifs is 2. The Labute approximate surface area is 257 Å². The first kappa shape index (κ1) is 31.7. The SMILES string of the molecule is CC[C@H]1Cc2cccc(C(F)(F)F)c2CN(Cc2cc([C@@H](c3ccc4c(nnn4CC)c3C)C(C)(C)C(N)=O)ccc2C)C1. The molecule has 0 aliphatic carbocycles. The van der Waals surface area contributed by atoms with Crippen molar-refractivity contribution in [1.29, 1.82) is 0 Å². The Kier molecular flexibility index (Phi) is 8.64. The predicted octanol–water partition coefficient (Wildman–Crippen LogP) is 7.31. The van der Waals surface area contributed by atoms with Crippen LogP contribution in [0.4, 0.5) is 13.2 Å². The van der Waals surface area contributed by atoms with Gasteiger partial charge in [-0.1, -0.05) is 68.8 Å². The van der Waals surface area contributed by atoms with E-state index in [1.54, 1.807) is 0 Å². The maximum atomic E-state index is 14.1. The van der Waals surface area contributed by atoms with Crippen LogP contribution in [0.25, 0.3) is 11.0 Å². The molecule has 4 aromatic rings. The van der Waals surface area contributed by atoms with Gasteiger partial charge in [-0.3, -0.25) is 9.69 Å². The van der Waals surface area contributed by atoms with E-state index in [4.69, 9.17) is 5.73 Å². The van der Waals surface area contributed by atoms with Gasteiger partial charge in [-0.2, -0.15) is 13.2 Å². The summed E-state index contributed by atoms with van der Waals surface area (Å²) in [6, 6.07) is 14.8.